The fraction of sp³-hybridized carbons (Fsp3) is 0.148. The van der Waals surface area contributed by atoms with Crippen molar-refractivity contribution in [1.29, 1.82) is 0 Å². The highest BCUT2D eigenvalue weighted by atomic mass is 35.5. The van der Waals surface area contributed by atoms with Crippen molar-refractivity contribution >= 4 is 23.5 Å². The van der Waals surface area contributed by atoms with Crippen LogP contribution in [0.5, 0.6) is 5.75 Å². The predicted octanol–water partition coefficient (Wildman–Crippen LogP) is 5.61. The van der Waals surface area contributed by atoms with Crippen molar-refractivity contribution in [3.8, 4) is 17.0 Å². The molecule has 4 aromatic rings. The predicted molar refractivity (Wildman–Crippen MR) is 131 cm³/mol. The number of rotatable bonds is 9. The second kappa shape index (κ2) is 11.4. The fourth-order valence-electron chi connectivity index (χ4n) is 3.47. The van der Waals surface area contributed by atoms with Gasteiger partial charge in [0.2, 0.25) is 0 Å². The van der Waals surface area contributed by atoms with Crippen molar-refractivity contribution in [2.45, 2.75) is 19.1 Å². The number of methoxy groups -OCH3 is 1. The lowest BCUT2D eigenvalue weighted by Gasteiger charge is -2.19. The van der Waals surface area contributed by atoms with E-state index in [1.807, 2.05) is 54.6 Å². The molecule has 1 amide bonds. The minimum Gasteiger partial charge on any atom is -0.497 e. The van der Waals surface area contributed by atoms with E-state index >= 15 is 0 Å². The lowest BCUT2D eigenvalue weighted by molar-refractivity contribution is -0.146. The number of benzene rings is 3. The molecular weight excluding hydrogens is 468 g/mol. The summed E-state index contributed by atoms with van der Waals surface area (Å²) < 4.78 is 15.9. The lowest BCUT2D eigenvalue weighted by Crippen LogP contribution is -2.30. The van der Waals surface area contributed by atoms with E-state index in [4.69, 9.17) is 25.6 Å². The number of hydrogen-bond acceptors (Lipinski definition) is 6. The highest BCUT2D eigenvalue weighted by molar-refractivity contribution is 6.33. The average Bonchev–Trinajstić information content (AvgIpc) is 3.37. The first-order valence-electron chi connectivity index (χ1n) is 10.9. The minimum absolute atomic E-state index is 0.0698. The van der Waals surface area contributed by atoms with E-state index in [1.165, 1.54) is 0 Å². The molecule has 0 spiro atoms. The molecule has 0 fully saturated rings. The first-order valence-corrected chi connectivity index (χ1v) is 11.3. The summed E-state index contributed by atoms with van der Waals surface area (Å²) >= 11 is 6.16. The van der Waals surface area contributed by atoms with Crippen LogP contribution in [-0.2, 0) is 16.1 Å². The van der Waals surface area contributed by atoms with Gasteiger partial charge < -0.3 is 19.3 Å². The number of amides is 1. The van der Waals surface area contributed by atoms with Gasteiger partial charge in [0.1, 0.15) is 11.4 Å². The molecule has 1 unspecified atom stereocenters. The van der Waals surface area contributed by atoms with Gasteiger partial charge in [-0.15, -0.1) is 0 Å². The second-order valence-electron chi connectivity index (χ2n) is 7.69. The standard InChI is InChI=1S/C27H23ClN2O5/c1-33-20-13-11-19(12-14-20)25-15-21(35-30-25)17-34-26(31)16-24(18-7-3-2-4-8-18)29-27(32)22-9-5-6-10-23(22)28/h2-15,24H,16-17H2,1H3,(H,29,32). The van der Waals surface area contributed by atoms with E-state index in [0.29, 0.717) is 22.0 Å². The molecule has 4 rings (SSSR count). The Morgan fingerprint density at radius 1 is 1.00 bits per heavy atom. The Bertz CT molecular complexity index is 1290. The first kappa shape index (κ1) is 24.0. The monoisotopic (exact) mass is 490 g/mol. The van der Waals surface area contributed by atoms with E-state index in [-0.39, 0.29) is 18.9 Å². The Morgan fingerprint density at radius 3 is 2.43 bits per heavy atom. The van der Waals surface area contributed by atoms with Crippen LogP contribution in [0.2, 0.25) is 5.02 Å². The Labute approximate surface area is 207 Å². The quantitative estimate of drug-likeness (QED) is 0.307. The number of ether oxygens (including phenoxy) is 2. The Balaban J connectivity index is 1.40. The van der Waals surface area contributed by atoms with Gasteiger partial charge in [-0.05, 0) is 42.0 Å². The Hall–Kier alpha value is -4.10. The van der Waals surface area contributed by atoms with Crippen molar-refractivity contribution in [3.05, 3.63) is 107 Å². The molecule has 178 valence electrons. The van der Waals surface area contributed by atoms with Crippen LogP contribution >= 0.6 is 11.6 Å². The van der Waals surface area contributed by atoms with Crippen molar-refractivity contribution < 1.29 is 23.6 Å². The molecule has 0 bridgehead atoms. The zero-order chi connectivity index (χ0) is 24.6. The lowest BCUT2D eigenvalue weighted by atomic mass is 10.0. The fourth-order valence-corrected chi connectivity index (χ4v) is 3.70. The molecule has 0 saturated carbocycles. The van der Waals surface area contributed by atoms with Crippen LogP contribution in [0.3, 0.4) is 0 Å². The van der Waals surface area contributed by atoms with Gasteiger partial charge in [0.25, 0.3) is 5.91 Å². The van der Waals surface area contributed by atoms with Gasteiger partial charge in [0, 0.05) is 11.6 Å². The summed E-state index contributed by atoms with van der Waals surface area (Å²) in [5.74, 6) is 0.263. The normalized spacial score (nSPS) is 11.5. The van der Waals surface area contributed by atoms with Crippen molar-refractivity contribution in [2.75, 3.05) is 7.11 Å². The topological polar surface area (TPSA) is 90.7 Å². The molecule has 0 radical (unpaired) electrons. The summed E-state index contributed by atoms with van der Waals surface area (Å²) in [6.45, 7) is -0.0814. The molecule has 0 aliphatic heterocycles. The second-order valence-corrected chi connectivity index (χ2v) is 8.10. The van der Waals surface area contributed by atoms with Gasteiger partial charge in [-0.25, -0.2) is 0 Å². The number of hydrogen-bond donors (Lipinski definition) is 1. The highest BCUT2D eigenvalue weighted by Crippen LogP contribution is 2.24. The molecule has 3 aromatic carbocycles. The minimum atomic E-state index is -0.600. The summed E-state index contributed by atoms with van der Waals surface area (Å²) in [6.07, 6.45) is -0.0698. The third-order valence-electron chi connectivity index (χ3n) is 5.32. The van der Waals surface area contributed by atoms with Crippen molar-refractivity contribution in [3.63, 3.8) is 0 Å². The van der Waals surface area contributed by atoms with Gasteiger partial charge >= 0.3 is 5.97 Å². The van der Waals surface area contributed by atoms with E-state index in [9.17, 15) is 9.59 Å². The summed E-state index contributed by atoms with van der Waals surface area (Å²) in [5.41, 5.74) is 2.56. The largest absolute Gasteiger partial charge is 0.497 e. The molecule has 1 atom stereocenters. The molecule has 8 heteroatoms. The Morgan fingerprint density at radius 2 is 1.71 bits per heavy atom. The molecule has 1 aromatic heterocycles. The summed E-state index contributed by atoms with van der Waals surface area (Å²) in [7, 11) is 1.60. The van der Waals surface area contributed by atoms with Crippen LogP contribution in [0, 0.1) is 0 Å². The molecule has 1 heterocycles. The van der Waals surface area contributed by atoms with Gasteiger partial charge in [-0.3, -0.25) is 9.59 Å². The number of halogens is 1. The Kier molecular flexibility index (Phi) is 7.80. The summed E-state index contributed by atoms with van der Waals surface area (Å²) in [5, 5.41) is 7.25. The van der Waals surface area contributed by atoms with Crippen LogP contribution in [0.1, 0.15) is 34.1 Å². The van der Waals surface area contributed by atoms with E-state index in [1.54, 1.807) is 37.4 Å². The highest BCUT2D eigenvalue weighted by Gasteiger charge is 2.21. The molecule has 7 nitrogen and oxygen atoms in total. The van der Waals surface area contributed by atoms with Crippen molar-refractivity contribution in [2.24, 2.45) is 0 Å². The van der Waals surface area contributed by atoms with Gasteiger partial charge in [0.15, 0.2) is 12.4 Å². The van der Waals surface area contributed by atoms with E-state index < -0.39 is 12.0 Å². The molecule has 0 aliphatic rings. The van der Waals surface area contributed by atoms with E-state index in [2.05, 4.69) is 10.5 Å². The number of aromatic nitrogens is 1. The maximum absolute atomic E-state index is 12.8. The average molecular weight is 491 g/mol. The van der Waals surface area contributed by atoms with E-state index in [0.717, 1.165) is 16.9 Å². The van der Waals surface area contributed by atoms with Crippen LogP contribution in [-0.4, -0.2) is 24.1 Å². The maximum Gasteiger partial charge on any atom is 0.308 e. The third-order valence-corrected chi connectivity index (χ3v) is 5.65. The number of nitrogens with zero attached hydrogens (tertiary/aromatic N) is 1. The summed E-state index contributed by atoms with van der Waals surface area (Å²) in [4.78, 5) is 25.5. The van der Waals surface area contributed by atoms with Gasteiger partial charge in [-0.1, -0.05) is 59.2 Å². The SMILES string of the molecule is COc1ccc(-c2cc(COC(=O)CC(NC(=O)c3ccccc3Cl)c3ccccc3)on2)cc1. The van der Waals surface area contributed by atoms with Crippen LogP contribution in [0.4, 0.5) is 0 Å². The third kappa shape index (κ3) is 6.28. The zero-order valence-corrected chi connectivity index (χ0v) is 19.7. The molecule has 1 N–H and O–H groups in total. The number of carbonyl (C=O) groups is 2. The van der Waals surface area contributed by atoms with Crippen LogP contribution in [0.15, 0.2) is 89.5 Å². The van der Waals surface area contributed by atoms with Gasteiger partial charge in [0.05, 0.1) is 30.2 Å². The number of nitrogens with one attached hydrogen (secondary N) is 1. The molecule has 0 saturated heterocycles. The maximum atomic E-state index is 12.8. The number of esters is 1. The smallest absolute Gasteiger partial charge is 0.308 e. The molecule has 35 heavy (non-hydrogen) atoms. The van der Waals surface area contributed by atoms with Crippen LogP contribution < -0.4 is 10.1 Å². The number of carbonyl (C=O) groups excluding carboxylic acids is 2. The van der Waals surface area contributed by atoms with Gasteiger partial charge in [-0.2, -0.15) is 0 Å². The molecule has 0 aliphatic carbocycles. The first-order chi connectivity index (χ1) is 17.0. The zero-order valence-electron chi connectivity index (χ0n) is 18.9. The van der Waals surface area contributed by atoms with Crippen molar-refractivity contribution in [1.82, 2.24) is 10.5 Å². The van der Waals surface area contributed by atoms with Crippen LogP contribution in [0.25, 0.3) is 11.3 Å². The summed E-state index contributed by atoms with van der Waals surface area (Å²) in [6, 6.07) is 24.4. The molecular formula is C27H23ClN2O5.